The highest BCUT2D eigenvalue weighted by Crippen LogP contribution is 2.30. The van der Waals surface area contributed by atoms with Crippen molar-refractivity contribution < 1.29 is 64.6 Å². The number of carbonyl (C=O) groups excluding carboxylic acids is 1. The molecule has 1 amide bonds. The third-order valence-electron chi connectivity index (χ3n) is 16.3. The molecule has 9 N–H and O–H groups in total. The van der Waals surface area contributed by atoms with Crippen LogP contribution in [0.2, 0.25) is 0 Å². The summed E-state index contributed by atoms with van der Waals surface area (Å²) in [6.45, 7) is 2.74. The Morgan fingerprint density at radius 1 is 0.430 bits per heavy atom. The lowest BCUT2D eigenvalue weighted by Crippen LogP contribution is -2.65. The maximum atomic E-state index is 13.3. The fourth-order valence-corrected chi connectivity index (χ4v) is 10.8. The second-order valence-electron chi connectivity index (χ2n) is 23.9. The van der Waals surface area contributed by atoms with Crippen molar-refractivity contribution in [3.05, 3.63) is 97.2 Å². The van der Waals surface area contributed by atoms with Crippen LogP contribution in [-0.2, 0) is 23.7 Å². The number of aliphatic hydroxyl groups excluding tert-OH is 8. The highest BCUT2D eigenvalue weighted by Gasteiger charge is 2.51. The third-order valence-corrected chi connectivity index (χ3v) is 16.3. The normalized spacial score (nSPS) is 24.0. The Morgan fingerprint density at radius 2 is 0.802 bits per heavy atom. The standard InChI is InChI=1S/C72H125NO13/c1-3-5-7-9-11-13-15-17-19-21-23-25-27-29-30-32-34-36-38-40-42-44-46-48-50-52-54-56-64(77)73-60(59-83-71-69(82)67(80)70(63(58-75)85-71)86-72-68(81)66(79)65(78)62(57-74)84-72)61(76)55-53-51-49-47-45-43-41-39-37-35-33-31-28-26-24-22-20-18-16-14-12-10-8-6-4-2/h5,7,11,13,17,19,23,25,29-30,34,36,40,42,46,48,60-63,65-72,74-76,78-82H,3-4,6,8-10,12,14-16,18,20-22,24,26-28,31-33,35,37-39,41,43-45,47,49-59H2,1-2H3,(H,73,77)/b7-5-,13-11-,19-17-,25-23-,30-29-,36-34-,42-40-,48-46-. The molecular formula is C72H125NO13. The molecule has 2 heterocycles. The van der Waals surface area contributed by atoms with E-state index in [1.54, 1.807) is 0 Å². The molecule has 86 heavy (non-hydrogen) atoms. The molecule has 2 aliphatic heterocycles. The lowest BCUT2D eigenvalue weighted by Gasteiger charge is -2.46. The van der Waals surface area contributed by atoms with Gasteiger partial charge in [-0.25, -0.2) is 0 Å². The summed E-state index contributed by atoms with van der Waals surface area (Å²) in [6.07, 6.45) is 61.3. The molecular weight excluding hydrogens is 1090 g/mol. The predicted molar refractivity (Wildman–Crippen MR) is 350 cm³/mol. The molecule has 0 aromatic rings. The summed E-state index contributed by atoms with van der Waals surface area (Å²) in [6, 6.07) is -0.861. The van der Waals surface area contributed by atoms with Gasteiger partial charge in [-0.05, 0) is 77.0 Å². The molecule has 2 fully saturated rings. The van der Waals surface area contributed by atoms with Crippen LogP contribution in [0, 0.1) is 0 Å². The quantitative estimate of drug-likeness (QED) is 0.0204. The van der Waals surface area contributed by atoms with Gasteiger partial charge in [0.2, 0.25) is 5.91 Å². The minimum Gasteiger partial charge on any atom is -0.394 e. The van der Waals surface area contributed by atoms with Crippen molar-refractivity contribution in [1.29, 1.82) is 0 Å². The molecule has 496 valence electrons. The molecule has 0 saturated carbocycles. The number of amides is 1. The fraction of sp³-hybridized carbons (Fsp3) is 0.764. The summed E-state index contributed by atoms with van der Waals surface area (Å²) in [7, 11) is 0. The summed E-state index contributed by atoms with van der Waals surface area (Å²) in [5.74, 6) is -0.250. The number of nitrogens with one attached hydrogen (secondary N) is 1. The number of ether oxygens (including phenoxy) is 4. The SMILES string of the molecule is CC/C=C\C/C=C\C/C=C\C/C=C\C/C=C\C/C=C\C/C=C\C/C=C\CCCCC(=O)NC(COC1OC(CO)C(OC2OC(CO)C(O)C(O)C2O)C(O)C1O)C(O)CCCCCCCCCCCCCCCCCCCCCCCCCCC. The zero-order valence-corrected chi connectivity index (χ0v) is 53.8. The van der Waals surface area contributed by atoms with E-state index in [9.17, 15) is 45.6 Å². The van der Waals surface area contributed by atoms with Crippen LogP contribution in [0.15, 0.2) is 97.2 Å². The summed E-state index contributed by atoms with van der Waals surface area (Å²) in [5.41, 5.74) is 0. The Morgan fingerprint density at radius 3 is 1.21 bits per heavy atom. The maximum Gasteiger partial charge on any atom is 0.220 e. The van der Waals surface area contributed by atoms with Crippen molar-refractivity contribution in [2.75, 3.05) is 19.8 Å². The largest absolute Gasteiger partial charge is 0.394 e. The lowest BCUT2D eigenvalue weighted by molar-refractivity contribution is -0.359. The Kier molecular flexibility index (Phi) is 51.4. The monoisotopic (exact) mass is 1210 g/mol. The number of carbonyl (C=O) groups is 1. The second kappa shape index (κ2) is 55.9. The number of aliphatic hydroxyl groups is 8. The van der Waals surface area contributed by atoms with Crippen molar-refractivity contribution >= 4 is 5.91 Å². The summed E-state index contributed by atoms with van der Waals surface area (Å²) < 4.78 is 22.9. The molecule has 0 aromatic carbocycles. The molecule has 2 aliphatic rings. The first-order valence-corrected chi connectivity index (χ1v) is 34.5. The van der Waals surface area contributed by atoms with Crippen molar-refractivity contribution in [2.24, 2.45) is 0 Å². The predicted octanol–water partition coefficient (Wildman–Crippen LogP) is 13.8. The van der Waals surface area contributed by atoms with Crippen molar-refractivity contribution in [2.45, 2.75) is 331 Å². The molecule has 14 heteroatoms. The van der Waals surface area contributed by atoms with E-state index in [2.05, 4.69) is 116 Å². The number of unbranched alkanes of at least 4 members (excludes halogenated alkanes) is 26. The Bertz CT molecular complexity index is 1810. The van der Waals surface area contributed by atoms with Crippen molar-refractivity contribution in [3.63, 3.8) is 0 Å². The van der Waals surface area contributed by atoms with E-state index in [1.807, 2.05) is 0 Å². The van der Waals surface area contributed by atoms with Gasteiger partial charge in [-0.2, -0.15) is 0 Å². The first-order valence-electron chi connectivity index (χ1n) is 34.5. The highest BCUT2D eigenvalue weighted by atomic mass is 16.7. The number of hydrogen-bond acceptors (Lipinski definition) is 13. The Labute approximate surface area is 522 Å². The van der Waals surface area contributed by atoms with Gasteiger partial charge in [-0.15, -0.1) is 0 Å². The van der Waals surface area contributed by atoms with Crippen molar-refractivity contribution in [3.8, 4) is 0 Å². The molecule has 0 bridgehead atoms. The minimum atomic E-state index is -1.79. The van der Waals surface area contributed by atoms with Crippen LogP contribution in [-0.4, -0.2) is 140 Å². The van der Waals surface area contributed by atoms with Gasteiger partial charge in [0.25, 0.3) is 0 Å². The summed E-state index contributed by atoms with van der Waals surface area (Å²) in [4.78, 5) is 13.3. The molecule has 0 radical (unpaired) electrons. The molecule has 12 unspecified atom stereocenters. The van der Waals surface area contributed by atoms with Gasteiger partial charge in [-0.3, -0.25) is 4.79 Å². The van der Waals surface area contributed by atoms with E-state index in [0.717, 1.165) is 89.9 Å². The van der Waals surface area contributed by atoms with Crippen LogP contribution in [0.4, 0.5) is 0 Å². The van der Waals surface area contributed by atoms with E-state index < -0.39 is 86.8 Å². The van der Waals surface area contributed by atoms with Gasteiger partial charge >= 0.3 is 0 Å². The van der Waals surface area contributed by atoms with Gasteiger partial charge in [0, 0.05) is 6.42 Å². The number of hydrogen-bond donors (Lipinski definition) is 9. The summed E-state index contributed by atoms with van der Waals surface area (Å²) >= 11 is 0. The first-order chi connectivity index (χ1) is 42.1. The molecule has 2 rings (SSSR count). The lowest BCUT2D eigenvalue weighted by atomic mass is 9.97. The molecule has 0 spiro atoms. The zero-order chi connectivity index (χ0) is 62.3. The maximum absolute atomic E-state index is 13.3. The van der Waals surface area contributed by atoms with Gasteiger partial charge in [0.15, 0.2) is 12.6 Å². The van der Waals surface area contributed by atoms with Crippen LogP contribution in [0.3, 0.4) is 0 Å². The average molecular weight is 1210 g/mol. The van der Waals surface area contributed by atoms with Crippen LogP contribution in [0.5, 0.6) is 0 Å². The zero-order valence-electron chi connectivity index (χ0n) is 53.8. The van der Waals surface area contributed by atoms with Crippen LogP contribution in [0.25, 0.3) is 0 Å². The van der Waals surface area contributed by atoms with Gasteiger partial charge in [0.1, 0.15) is 48.8 Å². The second-order valence-corrected chi connectivity index (χ2v) is 23.9. The molecule has 0 aromatic heterocycles. The van der Waals surface area contributed by atoms with Crippen LogP contribution >= 0.6 is 0 Å². The third kappa shape index (κ3) is 39.8. The minimum absolute atomic E-state index is 0.243. The molecule has 2 saturated heterocycles. The van der Waals surface area contributed by atoms with Crippen molar-refractivity contribution in [1.82, 2.24) is 5.32 Å². The topological polar surface area (TPSA) is 228 Å². The van der Waals surface area contributed by atoms with Gasteiger partial charge in [-0.1, -0.05) is 272 Å². The van der Waals surface area contributed by atoms with Crippen LogP contribution in [0.1, 0.15) is 258 Å². The smallest absolute Gasteiger partial charge is 0.220 e. The summed E-state index contributed by atoms with van der Waals surface area (Å²) in [5, 5.41) is 87.6. The van der Waals surface area contributed by atoms with Crippen LogP contribution < -0.4 is 5.32 Å². The molecule has 14 nitrogen and oxygen atoms in total. The Hall–Kier alpha value is -3.09. The van der Waals surface area contributed by atoms with E-state index in [0.29, 0.717) is 12.8 Å². The highest BCUT2D eigenvalue weighted by molar-refractivity contribution is 5.76. The average Bonchev–Trinajstić information content (AvgIpc) is 2.53. The van der Waals surface area contributed by atoms with E-state index >= 15 is 0 Å². The molecule has 12 atom stereocenters. The van der Waals surface area contributed by atoms with Gasteiger partial charge in [0.05, 0.1) is 32.0 Å². The number of allylic oxidation sites excluding steroid dienone is 16. The van der Waals surface area contributed by atoms with E-state index in [-0.39, 0.29) is 18.9 Å². The fourth-order valence-electron chi connectivity index (χ4n) is 10.8. The van der Waals surface area contributed by atoms with E-state index in [1.165, 1.54) is 135 Å². The first kappa shape index (κ1) is 79.0. The van der Waals surface area contributed by atoms with E-state index in [4.69, 9.17) is 18.9 Å². The molecule has 0 aliphatic carbocycles. The number of rotatable bonds is 55. The van der Waals surface area contributed by atoms with Gasteiger partial charge < -0.3 is 65.1 Å². The Balaban J connectivity index is 1.72.